The summed E-state index contributed by atoms with van der Waals surface area (Å²) in [6, 6.07) is 6.45. The van der Waals surface area contributed by atoms with Crippen molar-refractivity contribution in [3.8, 4) is 5.69 Å². The Morgan fingerprint density at radius 2 is 1.86 bits per heavy atom. The second-order valence-electron chi connectivity index (χ2n) is 5.22. The number of halogens is 1. The number of nitrogens with zero attached hydrogens (tertiary/aromatic N) is 2. The minimum Gasteiger partial charge on any atom is -0.368 e. The minimum atomic E-state index is -0.761. The molecule has 1 aromatic carbocycles. The van der Waals surface area contributed by atoms with E-state index in [1.165, 1.54) is 22.9 Å². The highest BCUT2D eigenvalue weighted by Gasteiger charge is 2.23. The molecule has 7 heteroatoms. The number of aromatic nitrogens is 2. The van der Waals surface area contributed by atoms with Crippen LogP contribution in [0.5, 0.6) is 0 Å². The standard InChI is InChI=1S/C15H17FN4O2/c1-9(2)13(14(17)21)18-15(22)12-7-8-20(19-12)11-5-3-10(16)4-6-11/h3-9,13H,1-2H3,(H2,17,21)(H,18,22)/t13-/m1/s1. The molecule has 22 heavy (non-hydrogen) atoms. The van der Waals surface area contributed by atoms with Crippen LogP contribution in [0, 0.1) is 11.7 Å². The molecule has 0 fully saturated rings. The van der Waals surface area contributed by atoms with Crippen molar-refractivity contribution >= 4 is 11.8 Å². The first-order chi connectivity index (χ1) is 10.4. The van der Waals surface area contributed by atoms with E-state index >= 15 is 0 Å². The van der Waals surface area contributed by atoms with E-state index < -0.39 is 17.9 Å². The highest BCUT2D eigenvalue weighted by Crippen LogP contribution is 2.09. The van der Waals surface area contributed by atoms with Crippen LogP contribution < -0.4 is 11.1 Å². The van der Waals surface area contributed by atoms with Gasteiger partial charge in [-0.3, -0.25) is 9.59 Å². The maximum atomic E-state index is 12.9. The minimum absolute atomic E-state index is 0.124. The first kappa shape index (κ1) is 15.7. The summed E-state index contributed by atoms with van der Waals surface area (Å²) in [6.45, 7) is 3.57. The molecule has 0 aliphatic rings. The molecule has 0 saturated carbocycles. The van der Waals surface area contributed by atoms with Gasteiger partial charge in [-0.05, 0) is 36.2 Å². The summed E-state index contributed by atoms with van der Waals surface area (Å²) >= 11 is 0. The third kappa shape index (κ3) is 3.49. The maximum absolute atomic E-state index is 12.9. The van der Waals surface area contributed by atoms with Gasteiger partial charge in [0.1, 0.15) is 11.9 Å². The highest BCUT2D eigenvalue weighted by molar-refractivity contribution is 5.95. The number of rotatable bonds is 5. The zero-order chi connectivity index (χ0) is 16.3. The van der Waals surface area contributed by atoms with Crippen molar-refractivity contribution < 1.29 is 14.0 Å². The molecule has 1 heterocycles. The molecule has 3 N–H and O–H groups in total. The fourth-order valence-electron chi connectivity index (χ4n) is 1.96. The monoisotopic (exact) mass is 304 g/mol. The first-order valence-electron chi connectivity index (χ1n) is 6.80. The lowest BCUT2D eigenvalue weighted by Crippen LogP contribution is -2.47. The molecule has 0 aliphatic heterocycles. The molecule has 0 aliphatic carbocycles. The number of primary amides is 1. The van der Waals surface area contributed by atoms with Crippen molar-refractivity contribution in [2.45, 2.75) is 19.9 Å². The van der Waals surface area contributed by atoms with Gasteiger partial charge < -0.3 is 11.1 Å². The van der Waals surface area contributed by atoms with Crippen LogP contribution in [-0.4, -0.2) is 27.6 Å². The molecule has 0 saturated heterocycles. The van der Waals surface area contributed by atoms with Crippen LogP contribution in [0.25, 0.3) is 5.69 Å². The number of hydrogen-bond donors (Lipinski definition) is 2. The van der Waals surface area contributed by atoms with E-state index in [1.807, 2.05) is 0 Å². The molecule has 0 radical (unpaired) electrons. The van der Waals surface area contributed by atoms with Gasteiger partial charge in [-0.25, -0.2) is 9.07 Å². The Balaban J connectivity index is 2.15. The SMILES string of the molecule is CC(C)[C@@H](NC(=O)c1ccn(-c2ccc(F)cc2)n1)C(N)=O. The average Bonchev–Trinajstić information content (AvgIpc) is 2.94. The molecule has 2 aromatic rings. The zero-order valence-electron chi connectivity index (χ0n) is 12.3. The van der Waals surface area contributed by atoms with E-state index in [4.69, 9.17) is 5.73 Å². The van der Waals surface area contributed by atoms with Crippen LogP contribution in [0.1, 0.15) is 24.3 Å². The third-order valence-corrected chi connectivity index (χ3v) is 3.17. The Kier molecular flexibility index (Phi) is 4.55. The number of carbonyl (C=O) groups is 2. The lowest BCUT2D eigenvalue weighted by atomic mass is 10.0. The van der Waals surface area contributed by atoms with Crippen molar-refractivity contribution in [1.29, 1.82) is 0 Å². The number of benzene rings is 1. The second kappa shape index (κ2) is 6.38. The molecule has 0 bridgehead atoms. The molecule has 2 rings (SSSR count). The zero-order valence-corrected chi connectivity index (χ0v) is 12.3. The Labute approximate surface area is 127 Å². The maximum Gasteiger partial charge on any atom is 0.272 e. The number of amides is 2. The van der Waals surface area contributed by atoms with Crippen molar-refractivity contribution in [3.63, 3.8) is 0 Å². The first-order valence-corrected chi connectivity index (χ1v) is 6.80. The number of nitrogens with two attached hydrogens (primary N) is 1. The topological polar surface area (TPSA) is 90.0 Å². The fraction of sp³-hybridized carbons (Fsp3) is 0.267. The Morgan fingerprint density at radius 1 is 1.23 bits per heavy atom. The van der Waals surface area contributed by atoms with Gasteiger partial charge in [0.2, 0.25) is 5.91 Å². The predicted octanol–water partition coefficient (Wildman–Crippen LogP) is 1.25. The van der Waals surface area contributed by atoms with Crippen LogP contribution in [0.4, 0.5) is 4.39 Å². The van der Waals surface area contributed by atoms with Crippen molar-refractivity contribution in [3.05, 3.63) is 48.0 Å². The number of carbonyl (C=O) groups excluding carboxylic acids is 2. The molecule has 1 aromatic heterocycles. The Hall–Kier alpha value is -2.70. The summed E-state index contributed by atoms with van der Waals surface area (Å²) in [5.41, 5.74) is 6.03. The summed E-state index contributed by atoms with van der Waals surface area (Å²) < 4.78 is 14.3. The van der Waals surface area contributed by atoms with Gasteiger partial charge in [0, 0.05) is 6.20 Å². The lowest BCUT2D eigenvalue weighted by molar-refractivity contribution is -0.120. The van der Waals surface area contributed by atoms with E-state index in [-0.39, 0.29) is 17.4 Å². The molecule has 2 amide bonds. The summed E-state index contributed by atoms with van der Waals surface area (Å²) in [5, 5.41) is 6.67. The van der Waals surface area contributed by atoms with Crippen molar-refractivity contribution in [2.24, 2.45) is 11.7 Å². The van der Waals surface area contributed by atoms with E-state index in [9.17, 15) is 14.0 Å². The van der Waals surface area contributed by atoms with Crippen LogP contribution in [0.2, 0.25) is 0 Å². The summed E-state index contributed by atoms with van der Waals surface area (Å²) in [7, 11) is 0. The van der Waals surface area contributed by atoms with Gasteiger partial charge >= 0.3 is 0 Å². The highest BCUT2D eigenvalue weighted by atomic mass is 19.1. The third-order valence-electron chi connectivity index (χ3n) is 3.17. The molecule has 0 spiro atoms. The normalized spacial score (nSPS) is 12.2. The van der Waals surface area contributed by atoms with Crippen molar-refractivity contribution in [2.75, 3.05) is 0 Å². The molecular formula is C15H17FN4O2. The molecule has 1 atom stereocenters. The van der Waals surface area contributed by atoms with E-state index in [2.05, 4.69) is 10.4 Å². The van der Waals surface area contributed by atoms with Gasteiger partial charge in [0.25, 0.3) is 5.91 Å². The van der Waals surface area contributed by atoms with Gasteiger partial charge in [-0.1, -0.05) is 13.8 Å². The van der Waals surface area contributed by atoms with Crippen molar-refractivity contribution in [1.82, 2.24) is 15.1 Å². The van der Waals surface area contributed by atoms with Gasteiger partial charge in [-0.2, -0.15) is 5.10 Å². The Morgan fingerprint density at radius 3 is 2.41 bits per heavy atom. The quantitative estimate of drug-likeness (QED) is 0.871. The lowest BCUT2D eigenvalue weighted by Gasteiger charge is -2.18. The predicted molar refractivity (Wildman–Crippen MR) is 78.8 cm³/mol. The fourth-order valence-corrected chi connectivity index (χ4v) is 1.96. The smallest absolute Gasteiger partial charge is 0.272 e. The Bertz CT molecular complexity index is 679. The van der Waals surface area contributed by atoms with Gasteiger partial charge in [0.05, 0.1) is 5.69 Å². The summed E-state index contributed by atoms with van der Waals surface area (Å²) in [5.74, 6) is -1.56. The van der Waals surface area contributed by atoms with Crippen LogP contribution in [0.15, 0.2) is 36.5 Å². The van der Waals surface area contributed by atoms with Crippen LogP contribution in [0.3, 0.4) is 0 Å². The summed E-state index contributed by atoms with van der Waals surface area (Å²) in [4.78, 5) is 23.4. The number of nitrogens with one attached hydrogen (secondary N) is 1. The van der Waals surface area contributed by atoms with E-state index in [0.717, 1.165) is 0 Å². The molecule has 6 nitrogen and oxygen atoms in total. The average molecular weight is 304 g/mol. The van der Waals surface area contributed by atoms with E-state index in [1.54, 1.807) is 32.2 Å². The van der Waals surface area contributed by atoms with E-state index in [0.29, 0.717) is 5.69 Å². The van der Waals surface area contributed by atoms with Crippen LogP contribution in [-0.2, 0) is 4.79 Å². The molecule has 0 unspecified atom stereocenters. The second-order valence-corrected chi connectivity index (χ2v) is 5.22. The van der Waals surface area contributed by atoms with Gasteiger partial charge in [0.15, 0.2) is 5.69 Å². The number of hydrogen-bond acceptors (Lipinski definition) is 3. The molecule has 116 valence electrons. The largest absolute Gasteiger partial charge is 0.368 e. The summed E-state index contributed by atoms with van der Waals surface area (Å²) in [6.07, 6.45) is 1.58. The van der Waals surface area contributed by atoms with Crippen LogP contribution >= 0.6 is 0 Å². The molecular weight excluding hydrogens is 287 g/mol. The van der Waals surface area contributed by atoms with Gasteiger partial charge in [-0.15, -0.1) is 0 Å².